The number of hydrogen-bond acceptors (Lipinski definition) is 5. The van der Waals surface area contributed by atoms with E-state index in [4.69, 9.17) is 21.7 Å². The monoisotopic (exact) mass is 553 g/mol. The summed E-state index contributed by atoms with van der Waals surface area (Å²) in [7, 11) is 4.89. The molecule has 1 aliphatic rings. The molecule has 164 valence electrons. The lowest BCUT2D eigenvalue weighted by molar-refractivity contribution is -0.122. The minimum Gasteiger partial charge on any atom is -0.493 e. The van der Waals surface area contributed by atoms with Gasteiger partial charge in [0.1, 0.15) is 6.04 Å². The van der Waals surface area contributed by atoms with Gasteiger partial charge in [-0.1, -0.05) is 6.07 Å². The van der Waals surface area contributed by atoms with Gasteiger partial charge >= 0.3 is 0 Å². The number of carbonyl (C=O) groups excluding carboxylic acids is 2. The summed E-state index contributed by atoms with van der Waals surface area (Å²) in [5.74, 6) is 0.792. The number of benzene rings is 2. The van der Waals surface area contributed by atoms with Crippen LogP contribution < -0.4 is 19.7 Å². The van der Waals surface area contributed by atoms with Crippen LogP contribution in [0.2, 0.25) is 0 Å². The zero-order chi connectivity index (χ0) is 22.5. The molecule has 1 N–H and O–H groups in total. The Morgan fingerprint density at radius 3 is 2.45 bits per heavy atom. The third kappa shape index (κ3) is 5.09. The quantitative estimate of drug-likeness (QED) is 0.321. The van der Waals surface area contributed by atoms with Crippen LogP contribution in [0.3, 0.4) is 0 Å². The number of imide groups is 1. The average Bonchev–Trinajstić information content (AvgIpc) is 3.07. The molecule has 9 heteroatoms. The number of nitrogens with one attached hydrogen (secondary N) is 1. The van der Waals surface area contributed by atoms with Crippen molar-refractivity contribution in [2.24, 2.45) is 0 Å². The molecule has 1 atom stereocenters. The summed E-state index contributed by atoms with van der Waals surface area (Å²) in [6, 6.07) is 12.4. The summed E-state index contributed by atoms with van der Waals surface area (Å²) in [6.45, 7) is 0.472. The zero-order valence-corrected chi connectivity index (χ0v) is 20.5. The number of carbonyl (C=O) groups is 2. The smallest absolute Gasteiger partial charge is 0.257 e. The fourth-order valence-electron chi connectivity index (χ4n) is 3.55. The van der Waals surface area contributed by atoms with Gasteiger partial charge in [0, 0.05) is 17.2 Å². The first-order chi connectivity index (χ1) is 14.9. The van der Waals surface area contributed by atoms with Crippen molar-refractivity contribution in [3.05, 3.63) is 51.6 Å². The summed E-state index contributed by atoms with van der Waals surface area (Å²) < 4.78 is 11.7. The number of thiocarbonyl (C=S) groups is 1. The third-order valence-electron chi connectivity index (χ3n) is 5.15. The van der Waals surface area contributed by atoms with Crippen molar-refractivity contribution < 1.29 is 19.1 Å². The highest BCUT2D eigenvalue weighted by Crippen LogP contribution is 2.29. The zero-order valence-electron chi connectivity index (χ0n) is 17.6. The maximum absolute atomic E-state index is 13.2. The minimum atomic E-state index is -0.646. The number of halogens is 1. The van der Waals surface area contributed by atoms with Crippen LogP contribution in [0.5, 0.6) is 11.5 Å². The molecule has 3 rings (SSSR count). The normalized spacial score (nSPS) is 15.7. The van der Waals surface area contributed by atoms with E-state index in [-0.39, 0.29) is 18.2 Å². The highest BCUT2D eigenvalue weighted by Gasteiger charge is 2.43. The second-order valence-corrected chi connectivity index (χ2v) is 8.58. The number of methoxy groups -OCH3 is 2. The number of rotatable bonds is 7. The topological polar surface area (TPSA) is 71.1 Å². The molecule has 31 heavy (non-hydrogen) atoms. The van der Waals surface area contributed by atoms with Crippen LogP contribution in [0.1, 0.15) is 12.0 Å². The van der Waals surface area contributed by atoms with Gasteiger partial charge in [-0.15, -0.1) is 0 Å². The molecule has 1 heterocycles. The van der Waals surface area contributed by atoms with Gasteiger partial charge in [-0.3, -0.25) is 9.59 Å². The highest BCUT2D eigenvalue weighted by molar-refractivity contribution is 14.1. The van der Waals surface area contributed by atoms with Gasteiger partial charge in [0.15, 0.2) is 16.6 Å². The van der Waals surface area contributed by atoms with Crippen LogP contribution in [0.25, 0.3) is 0 Å². The molecule has 0 bridgehead atoms. The standard InChI is InChI=1S/C22H24IN3O4S/c1-24-22(31)25(11-10-14-4-9-18(29-2)19(12-14)30-3)17-13-20(27)26(21(17)28)16-7-5-15(23)6-8-16/h4-9,12,17H,10-11,13H2,1-3H3,(H,24,31)/t17-/m0/s1. The second-order valence-electron chi connectivity index (χ2n) is 6.95. The molecule has 1 fully saturated rings. The fourth-order valence-corrected chi connectivity index (χ4v) is 4.13. The Morgan fingerprint density at radius 1 is 1.16 bits per heavy atom. The van der Waals surface area contributed by atoms with Gasteiger partial charge in [0.25, 0.3) is 5.91 Å². The second kappa shape index (κ2) is 10.3. The van der Waals surface area contributed by atoms with Crippen LogP contribution in [0, 0.1) is 3.57 Å². The van der Waals surface area contributed by atoms with E-state index in [1.54, 1.807) is 38.3 Å². The van der Waals surface area contributed by atoms with Crippen molar-refractivity contribution in [1.82, 2.24) is 10.2 Å². The molecule has 2 aromatic rings. The summed E-state index contributed by atoms with van der Waals surface area (Å²) >= 11 is 7.65. The molecule has 1 aliphatic heterocycles. The molecule has 2 amide bonds. The summed E-state index contributed by atoms with van der Waals surface area (Å²) in [6.07, 6.45) is 0.697. The lowest BCUT2D eigenvalue weighted by Gasteiger charge is -2.29. The number of hydrogen-bond donors (Lipinski definition) is 1. The van der Waals surface area contributed by atoms with E-state index in [2.05, 4.69) is 27.9 Å². The molecular weight excluding hydrogens is 529 g/mol. The highest BCUT2D eigenvalue weighted by atomic mass is 127. The predicted octanol–water partition coefficient (Wildman–Crippen LogP) is 2.99. The molecule has 0 spiro atoms. The van der Waals surface area contributed by atoms with Gasteiger partial charge in [-0.2, -0.15) is 0 Å². The van der Waals surface area contributed by atoms with Crippen molar-refractivity contribution in [2.45, 2.75) is 18.9 Å². The van der Waals surface area contributed by atoms with Crippen molar-refractivity contribution in [2.75, 3.05) is 32.7 Å². The van der Waals surface area contributed by atoms with E-state index in [1.807, 2.05) is 30.3 Å². The molecule has 0 saturated carbocycles. The van der Waals surface area contributed by atoms with E-state index in [1.165, 1.54) is 4.90 Å². The SMILES string of the molecule is CNC(=S)N(CCc1ccc(OC)c(OC)c1)[C@H]1CC(=O)N(c2ccc(I)cc2)C1=O. The largest absolute Gasteiger partial charge is 0.493 e. The molecule has 0 unspecified atom stereocenters. The van der Waals surface area contributed by atoms with Gasteiger partial charge in [0.05, 0.1) is 26.3 Å². The maximum Gasteiger partial charge on any atom is 0.257 e. The molecule has 2 aromatic carbocycles. The van der Waals surface area contributed by atoms with Gasteiger partial charge in [-0.25, -0.2) is 4.90 Å². The average molecular weight is 553 g/mol. The van der Waals surface area contributed by atoms with Crippen molar-refractivity contribution in [3.8, 4) is 11.5 Å². The lowest BCUT2D eigenvalue weighted by Crippen LogP contribution is -2.49. The van der Waals surface area contributed by atoms with Crippen LogP contribution in [-0.4, -0.2) is 55.7 Å². The van der Waals surface area contributed by atoms with Crippen molar-refractivity contribution in [3.63, 3.8) is 0 Å². The molecule has 1 saturated heterocycles. The Morgan fingerprint density at radius 2 is 1.84 bits per heavy atom. The number of anilines is 1. The van der Waals surface area contributed by atoms with Crippen molar-refractivity contribution >= 4 is 57.4 Å². The molecule has 7 nitrogen and oxygen atoms in total. The summed E-state index contributed by atoms with van der Waals surface area (Å²) in [5, 5.41) is 3.37. The lowest BCUT2D eigenvalue weighted by atomic mass is 10.1. The minimum absolute atomic E-state index is 0.0819. The van der Waals surface area contributed by atoms with E-state index >= 15 is 0 Å². The molecule has 0 aromatic heterocycles. The third-order valence-corrected chi connectivity index (χ3v) is 6.31. The van der Waals surface area contributed by atoms with E-state index < -0.39 is 6.04 Å². The molecular formula is C22H24IN3O4S. The Labute approximate surface area is 200 Å². The molecule has 0 radical (unpaired) electrons. The predicted molar refractivity (Wildman–Crippen MR) is 132 cm³/mol. The maximum atomic E-state index is 13.2. The van der Waals surface area contributed by atoms with Gasteiger partial charge < -0.3 is 19.7 Å². The van der Waals surface area contributed by atoms with Crippen LogP contribution >= 0.6 is 34.8 Å². The number of nitrogens with zero attached hydrogens (tertiary/aromatic N) is 2. The van der Waals surface area contributed by atoms with E-state index in [9.17, 15) is 9.59 Å². The van der Waals surface area contributed by atoms with Crippen LogP contribution in [-0.2, 0) is 16.0 Å². The molecule has 0 aliphatic carbocycles. The fraction of sp³-hybridized carbons (Fsp3) is 0.318. The Bertz CT molecular complexity index is 983. The number of amides is 2. The Kier molecular flexibility index (Phi) is 7.71. The number of ether oxygens (including phenoxy) is 2. The first kappa shape index (κ1) is 23.3. The van der Waals surface area contributed by atoms with Gasteiger partial charge in [-0.05, 0) is 83.2 Å². The van der Waals surface area contributed by atoms with Crippen LogP contribution in [0.4, 0.5) is 5.69 Å². The van der Waals surface area contributed by atoms with Gasteiger partial charge in [0.2, 0.25) is 5.91 Å². The summed E-state index contributed by atoms with van der Waals surface area (Å²) in [5.41, 5.74) is 1.58. The van der Waals surface area contributed by atoms with E-state index in [0.717, 1.165) is 9.13 Å². The van der Waals surface area contributed by atoms with Crippen LogP contribution in [0.15, 0.2) is 42.5 Å². The Hall–Kier alpha value is -2.40. The first-order valence-corrected chi connectivity index (χ1v) is 11.2. The van der Waals surface area contributed by atoms with E-state index in [0.29, 0.717) is 35.3 Å². The van der Waals surface area contributed by atoms with Crippen molar-refractivity contribution in [1.29, 1.82) is 0 Å². The summed E-state index contributed by atoms with van der Waals surface area (Å²) in [4.78, 5) is 28.9. The first-order valence-electron chi connectivity index (χ1n) is 9.71. The Balaban J connectivity index is 1.79.